The monoisotopic (exact) mass is 430 g/mol. The molecule has 0 fully saturated rings. The zero-order valence-corrected chi connectivity index (χ0v) is 17.1. The predicted octanol–water partition coefficient (Wildman–Crippen LogP) is 4.63. The van der Waals surface area contributed by atoms with Crippen LogP contribution >= 0.6 is 0 Å². The Morgan fingerprint density at radius 3 is 1.94 bits per heavy atom. The van der Waals surface area contributed by atoms with Crippen molar-refractivity contribution in [2.24, 2.45) is 0 Å². The number of fused-ring (bicyclic) bond motifs is 1. The molecule has 1 heterocycles. The quantitative estimate of drug-likeness (QED) is 0.415. The van der Waals surface area contributed by atoms with E-state index >= 15 is 0 Å². The van der Waals surface area contributed by atoms with E-state index in [1.165, 1.54) is 12.1 Å². The summed E-state index contributed by atoms with van der Waals surface area (Å²) in [5.74, 6) is 0.301. The largest absolute Gasteiger partial charge is 0.337 e. The van der Waals surface area contributed by atoms with Crippen molar-refractivity contribution in [3.63, 3.8) is 0 Å². The molecular formula is C23H18N4O3S. The van der Waals surface area contributed by atoms with Gasteiger partial charge in [0.1, 0.15) is 6.29 Å². The van der Waals surface area contributed by atoms with E-state index in [1.54, 1.807) is 60.7 Å². The first-order valence-electron chi connectivity index (χ1n) is 9.33. The fourth-order valence-corrected chi connectivity index (χ4v) is 3.92. The second-order valence-corrected chi connectivity index (χ2v) is 8.34. The Bertz CT molecular complexity index is 1370. The van der Waals surface area contributed by atoms with Gasteiger partial charge >= 0.3 is 0 Å². The number of aromatic nitrogens is 2. The normalized spacial score (nSPS) is 11.1. The third kappa shape index (κ3) is 4.44. The Morgan fingerprint density at radius 2 is 1.35 bits per heavy atom. The molecule has 0 atom stereocenters. The number of aldehydes is 1. The second-order valence-electron chi connectivity index (χ2n) is 6.65. The summed E-state index contributed by atoms with van der Waals surface area (Å²) in [5.41, 5.74) is 3.12. The highest BCUT2D eigenvalue weighted by Crippen LogP contribution is 2.27. The van der Waals surface area contributed by atoms with Crippen molar-refractivity contribution in [1.82, 2.24) is 9.97 Å². The first-order valence-corrected chi connectivity index (χ1v) is 10.8. The third-order valence-corrected chi connectivity index (χ3v) is 5.89. The highest BCUT2D eigenvalue weighted by atomic mass is 32.2. The molecule has 4 aromatic rings. The number of carbonyl (C=O) groups is 1. The van der Waals surface area contributed by atoms with Crippen molar-refractivity contribution < 1.29 is 13.2 Å². The number of nitrogens with one attached hydrogen (secondary N) is 2. The van der Waals surface area contributed by atoms with E-state index in [-0.39, 0.29) is 16.5 Å². The average Bonchev–Trinajstić information content (AvgIpc) is 2.80. The minimum absolute atomic E-state index is 0.0611. The number of benzene rings is 3. The van der Waals surface area contributed by atoms with E-state index in [9.17, 15) is 13.2 Å². The molecule has 0 bridgehead atoms. The van der Waals surface area contributed by atoms with Crippen LogP contribution < -0.4 is 10.0 Å². The molecule has 0 saturated carbocycles. The van der Waals surface area contributed by atoms with E-state index in [0.717, 1.165) is 11.8 Å². The molecule has 154 valence electrons. The molecular weight excluding hydrogens is 412 g/mol. The number of hydrogen-bond acceptors (Lipinski definition) is 6. The van der Waals surface area contributed by atoms with Crippen LogP contribution in [0.15, 0.2) is 84.3 Å². The molecule has 0 amide bonds. The lowest BCUT2D eigenvalue weighted by Crippen LogP contribution is -2.16. The molecule has 2 N–H and O–H groups in total. The van der Waals surface area contributed by atoms with E-state index < -0.39 is 10.0 Å². The van der Waals surface area contributed by atoms with Gasteiger partial charge in [-0.05, 0) is 54.1 Å². The first kappa shape index (κ1) is 20.2. The Labute approximate surface area is 179 Å². The predicted molar refractivity (Wildman–Crippen MR) is 122 cm³/mol. The van der Waals surface area contributed by atoms with Crippen LogP contribution in [0, 0.1) is 0 Å². The number of hydrogen-bond donors (Lipinski definition) is 2. The SMILES string of the molecule is C=Cc1ccc(S(=O)(=O)Nc2nc3ccccc3nc2Nc2ccc(C=O)cc2)cc1. The first-order chi connectivity index (χ1) is 15.0. The van der Waals surface area contributed by atoms with Crippen LogP contribution in [-0.2, 0) is 10.0 Å². The maximum atomic E-state index is 13.0. The molecule has 0 unspecified atom stereocenters. The van der Waals surface area contributed by atoms with E-state index in [1.807, 2.05) is 6.07 Å². The van der Waals surface area contributed by atoms with Gasteiger partial charge in [-0.3, -0.25) is 9.52 Å². The lowest BCUT2D eigenvalue weighted by molar-refractivity contribution is 0.112. The van der Waals surface area contributed by atoms with Crippen LogP contribution in [-0.4, -0.2) is 24.7 Å². The Morgan fingerprint density at radius 1 is 0.774 bits per heavy atom. The number of para-hydroxylation sites is 2. The van der Waals surface area contributed by atoms with Crippen LogP contribution in [0.3, 0.4) is 0 Å². The molecule has 0 aliphatic carbocycles. The number of anilines is 3. The van der Waals surface area contributed by atoms with Gasteiger partial charge in [0, 0.05) is 11.3 Å². The summed E-state index contributed by atoms with van der Waals surface area (Å²) in [5, 5.41) is 3.08. The minimum atomic E-state index is -3.91. The smallest absolute Gasteiger partial charge is 0.263 e. The van der Waals surface area contributed by atoms with Gasteiger partial charge in [-0.1, -0.05) is 36.9 Å². The Kier molecular flexibility index (Phi) is 5.46. The average molecular weight is 430 g/mol. The fraction of sp³-hybridized carbons (Fsp3) is 0. The molecule has 0 spiro atoms. The lowest BCUT2D eigenvalue weighted by atomic mass is 10.2. The van der Waals surface area contributed by atoms with Crippen LogP contribution in [0.25, 0.3) is 17.1 Å². The number of carbonyl (C=O) groups excluding carboxylic acids is 1. The standard InChI is InChI=1S/C23H18N4O3S/c1-2-16-9-13-19(14-10-16)31(29,30)27-23-22(24-18-11-7-17(15-28)8-12-18)25-20-5-3-4-6-21(20)26-23/h2-15H,1H2,(H,24,25)(H,26,27). The molecule has 4 rings (SSSR count). The molecule has 0 aliphatic heterocycles. The number of nitrogens with zero attached hydrogens (tertiary/aromatic N) is 2. The molecule has 7 nitrogen and oxygen atoms in total. The Hall–Kier alpha value is -4.04. The van der Waals surface area contributed by atoms with Crippen LogP contribution in [0.4, 0.5) is 17.3 Å². The molecule has 0 aliphatic rings. The van der Waals surface area contributed by atoms with Crippen molar-refractivity contribution in [1.29, 1.82) is 0 Å². The lowest BCUT2D eigenvalue weighted by Gasteiger charge is -2.14. The summed E-state index contributed by atoms with van der Waals surface area (Å²) < 4.78 is 28.4. The summed E-state index contributed by atoms with van der Waals surface area (Å²) in [6.45, 7) is 3.67. The van der Waals surface area contributed by atoms with Gasteiger partial charge in [-0.2, -0.15) is 0 Å². The summed E-state index contributed by atoms with van der Waals surface area (Å²) in [4.78, 5) is 20.0. The zero-order chi connectivity index (χ0) is 21.8. The van der Waals surface area contributed by atoms with Gasteiger partial charge in [0.15, 0.2) is 11.6 Å². The summed E-state index contributed by atoms with van der Waals surface area (Å²) in [7, 11) is -3.91. The third-order valence-electron chi connectivity index (χ3n) is 4.54. The molecule has 8 heteroatoms. The van der Waals surface area contributed by atoms with E-state index in [4.69, 9.17) is 0 Å². The van der Waals surface area contributed by atoms with Crippen molar-refractivity contribution >= 4 is 50.7 Å². The summed E-state index contributed by atoms with van der Waals surface area (Å²) in [6.07, 6.45) is 2.38. The van der Waals surface area contributed by atoms with Gasteiger partial charge < -0.3 is 5.32 Å². The van der Waals surface area contributed by atoms with Gasteiger partial charge in [0.05, 0.1) is 15.9 Å². The maximum absolute atomic E-state index is 13.0. The van der Waals surface area contributed by atoms with E-state index in [2.05, 4.69) is 26.6 Å². The van der Waals surface area contributed by atoms with E-state index in [0.29, 0.717) is 22.3 Å². The van der Waals surface area contributed by atoms with Crippen molar-refractivity contribution in [2.75, 3.05) is 10.0 Å². The van der Waals surface area contributed by atoms with Gasteiger partial charge in [-0.15, -0.1) is 0 Å². The molecule has 3 aromatic carbocycles. The van der Waals surface area contributed by atoms with Crippen molar-refractivity contribution in [3.8, 4) is 0 Å². The highest BCUT2D eigenvalue weighted by Gasteiger charge is 2.19. The van der Waals surface area contributed by atoms with Crippen molar-refractivity contribution in [3.05, 3.63) is 90.5 Å². The van der Waals surface area contributed by atoms with Gasteiger partial charge in [-0.25, -0.2) is 18.4 Å². The van der Waals surface area contributed by atoms with Crippen molar-refractivity contribution in [2.45, 2.75) is 4.90 Å². The van der Waals surface area contributed by atoms with Gasteiger partial charge in [0.2, 0.25) is 0 Å². The summed E-state index contributed by atoms with van der Waals surface area (Å²) >= 11 is 0. The molecule has 0 radical (unpaired) electrons. The molecule has 0 saturated heterocycles. The zero-order valence-electron chi connectivity index (χ0n) is 16.3. The minimum Gasteiger partial charge on any atom is -0.337 e. The topological polar surface area (TPSA) is 101 Å². The second kappa shape index (κ2) is 8.37. The molecule has 1 aromatic heterocycles. The molecule has 31 heavy (non-hydrogen) atoms. The maximum Gasteiger partial charge on any atom is 0.263 e. The fourth-order valence-electron chi connectivity index (χ4n) is 2.91. The highest BCUT2D eigenvalue weighted by molar-refractivity contribution is 7.92. The Balaban J connectivity index is 1.74. The number of sulfonamides is 1. The number of rotatable bonds is 7. The van der Waals surface area contributed by atoms with Crippen LogP contribution in [0.5, 0.6) is 0 Å². The summed E-state index contributed by atoms with van der Waals surface area (Å²) in [6, 6.07) is 20.2. The van der Waals surface area contributed by atoms with Crippen LogP contribution in [0.2, 0.25) is 0 Å². The van der Waals surface area contributed by atoms with Crippen LogP contribution in [0.1, 0.15) is 15.9 Å². The van der Waals surface area contributed by atoms with Gasteiger partial charge in [0.25, 0.3) is 10.0 Å².